The number of hydrogen-bond acceptors (Lipinski definition) is 4. The zero-order valence-electron chi connectivity index (χ0n) is 18.9. The van der Waals surface area contributed by atoms with Gasteiger partial charge in [0.2, 0.25) is 5.91 Å². The molecule has 0 radical (unpaired) electrons. The van der Waals surface area contributed by atoms with Crippen LogP contribution in [-0.4, -0.2) is 31.5 Å². The molecular weight excluding hydrogens is 404 g/mol. The van der Waals surface area contributed by atoms with E-state index in [0.717, 1.165) is 47.3 Å². The van der Waals surface area contributed by atoms with Gasteiger partial charge in [0.05, 0.1) is 5.25 Å². The first kappa shape index (κ1) is 21.0. The minimum absolute atomic E-state index is 0.0600. The van der Waals surface area contributed by atoms with Crippen LogP contribution in [0.5, 0.6) is 0 Å². The van der Waals surface area contributed by atoms with Gasteiger partial charge in [0.25, 0.3) is 0 Å². The molecule has 4 aliphatic carbocycles. The lowest BCUT2D eigenvalue weighted by Crippen LogP contribution is -2.60. The predicted octanol–water partition coefficient (Wildman–Crippen LogP) is 5.23. The Bertz CT molecular complexity index is 933. The Morgan fingerprint density at radius 3 is 2.48 bits per heavy atom. The highest BCUT2D eigenvalue weighted by molar-refractivity contribution is 8.00. The van der Waals surface area contributed by atoms with Crippen molar-refractivity contribution in [1.29, 1.82) is 0 Å². The Labute approximate surface area is 189 Å². The van der Waals surface area contributed by atoms with Gasteiger partial charge in [0.15, 0.2) is 11.0 Å². The smallest absolute Gasteiger partial charge is 0.233 e. The summed E-state index contributed by atoms with van der Waals surface area (Å²) in [5.74, 6) is 3.55. The highest BCUT2D eigenvalue weighted by Gasteiger charge is 2.51. The molecule has 0 spiro atoms. The van der Waals surface area contributed by atoms with Gasteiger partial charge in [-0.3, -0.25) is 4.79 Å². The van der Waals surface area contributed by atoms with Crippen LogP contribution in [0.4, 0.5) is 0 Å². The minimum Gasteiger partial charge on any atom is -0.350 e. The number of nitrogens with zero attached hydrogens (tertiary/aromatic N) is 3. The van der Waals surface area contributed by atoms with Crippen molar-refractivity contribution in [3.8, 4) is 11.4 Å². The van der Waals surface area contributed by atoms with Crippen LogP contribution in [-0.2, 0) is 11.3 Å². The zero-order valence-corrected chi connectivity index (χ0v) is 19.8. The topological polar surface area (TPSA) is 59.8 Å². The van der Waals surface area contributed by atoms with E-state index in [1.807, 2.05) is 6.92 Å². The molecule has 4 saturated carbocycles. The van der Waals surface area contributed by atoms with Crippen molar-refractivity contribution in [2.24, 2.45) is 17.8 Å². The second kappa shape index (κ2) is 8.27. The summed E-state index contributed by atoms with van der Waals surface area (Å²) in [6, 6.07) is 8.38. The van der Waals surface area contributed by atoms with Crippen LogP contribution in [0.3, 0.4) is 0 Å². The normalized spacial score (nSPS) is 29.8. The first-order chi connectivity index (χ1) is 14.9. The van der Waals surface area contributed by atoms with Crippen LogP contribution in [0.25, 0.3) is 11.4 Å². The van der Waals surface area contributed by atoms with Crippen molar-refractivity contribution in [2.75, 3.05) is 0 Å². The quantitative estimate of drug-likeness (QED) is 0.602. The molecule has 4 bridgehead atoms. The van der Waals surface area contributed by atoms with Gasteiger partial charge in [-0.05, 0) is 82.6 Å². The molecule has 6 heteroatoms. The van der Waals surface area contributed by atoms with Gasteiger partial charge in [0.1, 0.15) is 0 Å². The van der Waals surface area contributed by atoms with E-state index in [1.54, 1.807) is 11.8 Å². The summed E-state index contributed by atoms with van der Waals surface area (Å²) in [6.45, 7) is 7.12. The number of aryl methyl sites for hydroxylation is 1. The van der Waals surface area contributed by atoms with Gasteiger partial charge in [-0.15, -0.1) is 10.2 Å². The summed E-state index contributed by atoms with van der Waals surface area (Å²) in [6.07, 6.45) is 8.73. The maximum absolute atomic E-state index is 13.2. The van der Waals surface area contributed by atoms with E-state index in [2.05, 4.69) is 58.2 Å². The lowest BCUT2D eigenvalue weighted by molar-refractivity contribution is -0.126. The van der Waals surface area contributed by atoms with E-state index in [9.17, 15) is 4.79 Å². The van der Waals surface area contributed by atoms with Crippen LogP contribution >= 0.6 is 11.8 Å². The fraction of sp³-hybridized carbons (Fsp3) is 0.640. The molecule has 1 heterocycles. The van der Waals surface area contributed by atoms with Crippen molar-refractivity contribution in [1.82, 2.24) is 20.1 Å². The number of hydrogen-bond donors (Lipinski definition) is 1. The molecule has 1 atom stereocenters. The van der Waals surface area contributed by atoms with Gasteiger partial charge in [0, 0.05) is 17.6 Å². The molecule has 0 saturated heterocycles. The van der Waals surface area contributed by atoms with Crippen LogP contribution in [0.15, 0.2) is 29.4 Å². The molecule has 1 aromatic heterocycles. The summed E-state index contributed by atoms with van der Waals surface area (Å²) in [7, 11) is 0. The first-order valence-corrected chi connectivity index (χ1v) is 12.8. The lowest BCUT2D eigenvalue weighted by Gasteiger charge is -2.57. The summed E-state index contributed by atoms with van der Waals surface area (Å²) < 4.78 is 2.17. The van der Waals surface area contributed by atoms with Crippen molar-refractivity contribution in [3.05, 3.63) is 29.8 Å². The van der Waals surface area contributed by atoms with Crippen LogP contribution in [0.2, 0.25) is 0 Å². The number of rotatable bonds is 7. The molecule has 1 unspecified atom stereocenters. The summed E-state index contributed by atoms with van der Waals surface area (Å²) in [5, 5.41) is 13.2. The average Bonchev–Trinajstić information content (AvgIpc) is 3.09. The second-order valence-corrected chi connectivity index (χ2v) is 11.6. The van der Waals surface area contributed by atoms with E-state index in [-0.39, 0.29) is 16.7 Å². The molecule has 4 aliphatic rings. The summed E-state index contributed by atoms with van der Waals surface area (Å²) in [4.78, 5) is 13.2. The third-order valence-corrected chi connectivity index (χ3v) is 8.60. The van der Waals surface area contributed by atoms with Crippen LogP contribution < -0.4 is 5.32 Å². The summed E-state index contributed by atoms with van der Waals surface area (Å²) in [5.41, 5.74) is 2.35. The van der Waals surface area contributed by atoms with Crippen LogP contribution in [0, 0.1) is 24.7 Å². The van der Waals surface area contributed by atoms with Gasteiger partial charge in [-0.1, -0.05) is 42.4 Å². The maximum Gasteiger partial charge on any atom is 0.233 e. The molecule has 0 aliphatic heterocycles. The van der Waals surface area contributed by atoms with E-state index >= 15 is 0 Å². The highest BCUT2D eigenvalue weighted by atomic mass is 32.2. The maximum atomic E-state index is 13.2. The Morgan fingerprint density at radius 1 is 1.19 bits per heavy atom. The van der Waals surface area contributed by atoms with Gasteiger partial charge in [-0.25, -0.2) is 0 Å². The second-order valence-electron chi connectivity index (χ2n) is 10.3. The van der Waals surface area contributed by atoms with Crippen molar-refractivity contribution < 1.29 is 4.79 Å². The molecule has 6 rings (SSSR count). The average molecular weight is 439 g/mol. The summed E-state index contributed by atoms with van der Waals surface area (Å²) >= 11 is 1.54. The fourth-order valence-corrected chi connectivity index (χ4v) is 7.51. The predicted molar refractivity (Wildman–Crippen MR) is 125 cm³/mol. The van der Waals surface area contributed by atoms with Gasteiger partial charge < -0.3 is 9.88 Å². The van der Waals surface area contributed by atoms with Gasteiger partial charge in [-0.2, -0.15) is 0 Å². The Balaban J connectivity index is 1.31. The molecule has 1 amide bonds. The molecule has 2 aromatic rings. The Morgan fingerprint density at radius 2 is 1.87 bits per heavy atom. The SMILES string of the molecule is CCCn1c(SC(C)C(=O)NC23CC4CC(CC(C4)C2)C3)nnc1-c1cccc(C)c1. The van der Waals surface area contributed by atoms with Crippen molar-refractivity contribution in [2.45, 2.75) is 88.2 Å². The molecular formula is C25H34N4OS. The molecule has 1 N–H and O–H groups in total. The molecule has 31 heavy (non-hydrogen) atoms. The zero-order chi connectivity index (χ0) is 21.6. The van der Waals surface area contributed by atoms with E-state index in [0.29, 0.717) is 0 Å². The number of carbonyl (C=O) groups excluding carboxylic acids is 1. The number of amides is 1. The van der Waals surface area contributed by atoms with E-state index in [1.165, 1.54) is 44.1 Å². The number of nitrogens with one attached hydrogen (secondary N) is 1. The van der Waals surface area contributed by atoms with E-state index < -0.39 is 0 Å². The van der Waals surface area contributed by atoms with Crippen LogP contribution in [0.1, 0.15) is 64.4 Å². The molecule has 1 aromatic carbocycles. The largest absolute Gasteiger partial charge is 0.350 e. The van der Waals surface area contributed by atoms with E-state index in [4.69, 9.17) is 0 Å². The third kappa shape index (κ3) is 4.15. The first-order valence-electron chi connectivity index (χ1n) is 11.9. The number of thioether (sulfide) groups is 1. The standard InChI is InChI=1S/C25H34N4OS/c1-4-8-29-22(21-7-5-6-16(2)9-21)27-28-24(29)31-17(3)23(30)26-25-13-18-10-19(14-25)12-20(11-18)15-25/h5-7,9,17-20H,4,8,10-15H2,1-3H3,(H,26,30). The Kier molecular flexibility index (Phi) is 5.61. The van der Waals surface area contributed by atoms with Gasteiger partial charge >= 0.3 is 0 Å². The number of aromatic nitrogens is 3. The number of benzene rings is 1. The fourth-order valence-electron chi connectivity index (χ4n) is 6.64. The molecule has 166 valence electrons. The highest BCUT2D eigenvalue weighted by Crippen LogP contribution is 2.55. The van der Waals surface area contributed by atoms with Crippen molar-refractivity contribution >= 4 is 17.7 Å². The number of carbonyl (C=O) groups is 1. The Hall–Kier alpha value is -1.82. The monoisotopic (exact) mass is 438 g/mol. The minimum atomic E-state index is -0.182. The molecule has 5 nitrogen and oxygen atoms in total. The lowest BCUT2D eigenvalue weighted by atomic mass is 9.53. The molecule has 4 fully saturated rings. The third-order valence-electron chi connectivity index (χ3n) is 7.52. The van der Waals surface area contributed by atoms with Crippen molar-refractivity contribution in [3.63, 3.8) is 0 Å².